The van der Waals surface area contributed by atoms with Gasteiger partial charge in [0.25, 0.3) is 0 Å². The average Bonchev–Trinajstić information content (AvgIpc) is 2.73. The molecular formula is C14H18ClFO. The Morgan fingerprint density at radius 3 is 2.71 bits per heavy atom. The third-order valence-corrected chi connectivity index (χ3v) is 4.29. The highest BCUT2D eigenvalue weighted by atomic mass is 35.5. The number of hydrogen-bond donors (Lipinski definition) is 1. The first-order valence-corrected chi connectivity index (χ1v) is 6.52. The van der Waals surface area contributed by atoms with Crippen molar-refractivity contribution in [1.82, 2.24) is 0 Å². The van der Waals surface area contributed by atoms with Gasteiger partial charge in [-0.05, 0) is 29.9 Å². The standard InChI is InChI=1S/C14H18ClFO/c1-14(7-2-3-8-14)12(17)9-10-5-4-6-11(15)13(10)16/h4-6,12,17H,2-3,7-9H2,1H3. The van der Waals surface area contributed by atoms with Crippen LogP contribution < -0.4 is 0 Å². The monoisotopic (exact) mass is 256 g/mol. The summed E-state index contributed by atoms with van der Waals surface area (Å²) in [5, 5.41) is 10.4. The van der Waals surface area contributed by atoms with Crippen LogP contribution in [0.4, 0.5) is 4.39 Å². The predicted octanol–water partition coefficient (Wildman–Crippen LogP) is 3.96. The highest BCUT2D eigenvalue weighted by Gasteiger charge is 2.36. The van der Waals surface area contributed by atoms with Crippen LogP contribution in [0.15, 0.2) is 18.2 Å². The van der Waals surface area contributed by atoms with Crippen molar-refractivity contribution in [3.05, 3.63) is 34.6 Å². The van der Waals surface area contributed by atoms with Gasteiger partial charge in [-0.3, -0.25) is 0 Å². The number of aliphatic hydroxyl groups excluding tert-OH is 1. The molecule has 3 heteroatoms. The SMILES string of the molecule is CC1(C(O)Cc2cccc(Cl)c2F)CCCC1. The molecule has 1 saturated carbocycles. The third kappa shape index (κ3) is 2.63. The molecule has 1 unspecified atom stereocenters. The van der Waals surface area contributed by atoms with E-state index in [9.17, 15) is 9.50 Å². The van der Waals surface area contributed by atoms with Crippen molar-refractivity contribution >= 4 is 11.6 Å². The van der Waals surface area contributed by atoms with Crippen LogP contribution in [0.5, 0.6) is 0 Å². The van der Waals surface area contributed by atoms with Gasteiger partial charge in [-0.1, -0.05) is 43.5 Å². The zero-order valence-corrected chi connectivity index (χ0v) is 10.8. The lowest BCUT2D eigenvalue weighted by molar-refractivity contribution is 0.0417. The minimum Gasteiger partial charge on any atom is -0.392 e. The van der Waals surface area contributed by atoms with Crippen molar-refractivity contribution < 1.29 is 9.50 Å². The van der Waals surface area contributed by atoms with Gasteiger partial charge in [0.2, 0.25) is 0 Å². The summed E-state index contributed by atoms with van der Waals surface area (Å²) in [5.41, 5.74) is 0.451. The molecule has 0 aliphatic heterocycles. The fourth-order valence-electron chi connectivity index (χ4n) is 2.68. The topological polar surface area (TPSA) is 20.2 Å². The molecule has 0 amide bonds. The van der Waals surface area contributed by atoms with Gasteiger partial charge in [0.15, 0.2) is 0 Å². The summed E-state index contributed by atoms with van der Waals surface area (Å²) < 4.78 is 13.7. The fourth-order valence-corrected chi connectivity index (χ4v) is 2.87. The van der Waals surface area contributed by atoms with E-state index in [4.69, 9.17) is 11.6 Å². The van der Waals surface area contributed by atoms with Crippen molar-refractivity contribution in [2.45, 2.75) is 45.1 Å². The summed E-state index contributed by atoms with van der Waals surface area (Å²) in [6.45, 7) is 2.09. The molecule has 1 N–H and O–H groups in total. The number of halogens is 2. The van der Waals surface area contributed by atoms with E-state index in [1.165, 1.54) is 6.07 Å². The summed E-state index contributed by atoms with van der Waals surface area (Å²) in [6, 6.07) is 4.96. The minimum absolute atomic E-state index is 0.0608. The maximum atomic E-state index is 13.7. The summed E-state index contributed by atoms with van der Waals surface area (Å²) in [6.07, 6.45) is 4.23. The number of rotatable bonds is 3. The summed E-state index contributed by atoms with van der Waals surface area (Å²) in [5.74, 6) is -0.394. The fraction of sp³-hybridized carbons (Fsp3) is 0.571. The van der Waals surface area contributed by atoms with Crippen molar-refractivity contribution in [2.75, 3.05) is 0 Å². The predicted molar refractivity (Wildman–Crippen MR) is 67.7 cm³/mol. The Hall–Kier alpha value is -0.600. The van der Waals surface area contributed by atoms with E-state index < -0.39 is 11.9 Å². The molecule has 0 radical (unpaired) electrons. The van der Waals surface area contributed by atoms with Crippen LogP contribution in [-0.4, -0.2) is 11.2 Å². The van der Waals surface area contributed by atoms with E-state index in [1.54, 1.807) is 12.1 Å². The highest BCUT2D eigenvalue weighted by Crippen LogP contribution is 2.41. The molecule has 1 aromatic carbocycles. The molecule has 1 fully saturated rings. The van der Waals surface area contributed by atoms with Gasteiger partial charge in [0.05, 0.1) is 11.1 Å². The van der Waals surface area contributed by atoms with E-state index in [-0.39, 0.29) is 10.4 Å². The quantitative estimate of drug-likeness (QED) is 0.868. The molecule has 1 atom stereocenters. The Balaban J connectivity index is 2.12. The average molecular weight is 257 g/mol. The zero-order chi connectivity index (χ0) is 12.5. The second-order valence-corrected chi connectivity index (χ2v) is 5.70. The minimum atomic E-state index is -0.488. The molecule has 94 valence electrons. The first-order chi connectivity index (χ1) is 8.03. The third-order valence-electron chi connectivity index (χ3n) is 4.00. The van der Waals surface area contributed by atoms with Crippen LogP contribution in [0, 0.1) is 11.2 Å². The molecule has 1 nitrogen and oxygen atoms in total. The number of hydrogen-bond acceptors (Lipinski definition) is 1. The summed E-state index contributed by atoms with van der Waals surface area (Å²) in [7, 11) is 0. The largest absolute Gasteiger partial charge is 0.392 e. The van der Waals surface area contributed by atoms with Crippen LogP contribution in [0.1, 0.15) is 38.2 Å². The molecule has 1 aliphatic rings. The molecule has 2 rings (SSSR count). The molecule has 0 heterocycles. The van der Waals surface area contributed by atoms with E-state index in [1.807, 2.05) is 0 Å². The zero-order valence-electron chi connectivity index (χ0n) is 10.0. The summed E-state index contributed by atoms with van der Waals surface area (Å²) in [4.78, 5) is 0. The van der Waals surface area contributed by atoms with E-state index in [0.29, 0.717) is 12.0 Å². The maximum absolute atomic E-state index is 13.7. The summed E-state index contributed by atoms with van der Waals surface area (Å²) >= 11 is 5.74. The Morgan fingerprint density at radius 1 is 1.41 bits per heavy atom. The number of benzene rings is 1. The Morgan fingerprint density at radius 2 is 2.06 bits per heavy atom. The van der Waals surface area contributed by atoms with Gasteiger partial charge in [-0.15, -0.1) is 0 Å². The smallest absolute Gasteiger partial charge is 0.145 e. The van der Waals surface area contributed by atoms with E-state index in [0.717, 1.165) is 25.7 Å². The van der Waals surface area contributed by atoms with Crippen molar-refractivity contribution in [2.24, 2.45) is 5.41 Å². The van der Waals surface area contributed by atoms with Gasteiger partial charge in [0.1, 0.15) is 5.82 Å². The molecular weight excluding hydrogens is 239 g/mol. The normalized spacial score (nSPS) is 20.5. The Labute approximate surface area is 107 Å². The van der Waals surface area contributed by atoms with Crippen molar-refractivity contribution in [1.29, 1.82) is 0 Å². The molecule has 0 aromatic heterocycles. The van der Waals surface area contributed by atoms with Crippen LogP contribution in [0.3, 0.4) is 0 Å². The highest BCUT2D eigenvalue weighted by molar-refractivity contribution is 6.30. The molecule has 17 heavy (non-hydrogen) atoms. The molecule has 0 spiro atoms. The lowest BCUT2D eigenvalue weighted by atomic mass is 9.80. The first-order valence-electron chi connectivity index (χ1n) is 6.14. The lowest BCUT2D eigenvalue weighted by Crippen LogP contribution is -2.31. The van der Waals surface area contributed by atoms with Crippen LogP contribution in [0.2, 0.25) is 5.02 Å². The van der Waals surface area contributed by atoms with Gasteiger partial charge in [-0.2, -0.15) is 0 Å². The van der Waals surface area contributed by atoms with Gasteiger partial charge in [0, 0.05) is 6.42 Å². The second kappa shape index (κ2) is 4.95. The van der Waals surface area contributed by atoms with E-state index in [2.05, 4.69) is 6.92 Å². The van der Waals surface area contributed by atoms with E-state index >= 15 is 0 Å². The van der Waals surface area contributed by atoms with Gasteiger partial charge in [-0.25, -0.2) is 4.39 Å². The molecule has 1 aromatic rings. The van der Waals surface area contributed by atoms with Crippen LogP contribution >= 0.6 is 11.6 Å². The lowest BCUT2D eigenvalue weighted by Gasteiger charge is -2.30. The Bertz CT molecular complexity index is 399. The van der Waals surface area contributed by atoms with Crippen LogP contribution in [0.25, 0.3) is 0 Å². The van der Waals surface area contributed by atoms with Gasteiger partial charge >= 0.3 is 0 Å². The molecule has 1 aliphatic carbocycles. The number of aliphatic hydroxyl groups is 1. The Kier molecular flexibility index (Phi) is 3.74. The molecule has 0 bridgehead atoms. The van der Waals surface area contributed by atoms with Crippen molar-refractivity contribution in [3.63, 3.8) is 0 Å². The van der Waals surface area contributed by atoms with Crippen molar-refractivity contribution in [3.8, 4) is 0 Å². The van der Waals surface area contributed by atoms with Crippen LogP contribution in [-0.2, 0) is 6.42 Å². The first kappa shape index (κ1) is 12.8. The van der Waals surface area contributed by atoms with Gasteiger partial charge < -0.3 is 5.11 Å². The molecule has 0 saturated heterocycles. The maximum Gasteiger partial charge on any atom is 0.145 e. The second-order valence-electron chi connectivity index (χ2n) is 5.29.